The van der Waals surface area contributed by atoms with Crippen molar-refractivity contribution in [2.45, 2.75) is 19.4 Å². The number of carbonyl (C=O) groups is 2. The summed E-state index contributed by atoms with van der Waals surface area (Å²) in [6, 6.07) is 0. The zero-order valence-corrected chi connectivity index (χ0v) is 11.5. The van der Waals surface area contributed by atoms with Crippen LogP contribution in [0.1, 0.15) is 13.3 Å². The van der Waals surface area contributed by atoms with E-state index in [9.17, 15) is 14.7 Å². The number of hydrogen-bond acceptors (Lipinski definition) is 4. The molecule has 0 aliphatic carbocycles. The maximum atomic E-state index is 10.7. The van der Waals surface area contributed by atoms with Gasteiger partial charge in [0, 0.05) is 19.3 Å². The predicted octanol–water partition coefficient (Wildman–Crippen LogP) is -0.392. The Morgan fingerprint density at radius 3 is 1.94 bits per heavy atom. The fourth-order valence-electron chi connectivity index (χ4n) is 1.17. The molecule has 0 aromatic heterocycles. The van der Waals surface area contributed by atoms with E-state index >= 15 is 0 Å². The molecule has 0 aromatic carbocycles. The first-order valence-corrected chi connectivity index (χ1v) is 4.38. The summed E-state index contributed by atoms with van der Waals surface area (Å²) >= 11 is 0. The number of hydrogen-bond donors (Lipinski definition) is 0. The van der Waals surface area contributed by atoms with Crippen molar-refractivity contribution in [1.82, 2.24) is 0 Å². The van der Waals surface area contributed by atoms with Crippen LogP contribution < -0.4 is 5.11 Å². The van der Waals surface area contributed by atoms with Crippen molar-refractivity contribution in [2.75, 3.05) is 27.7 Å². The fraction of sp³-hybridized carbons (Fsp3) is 0.778. The van der Waals surface area contributed by atoms with Crippen LogP contribution in [0.2, 0.25) is 0 Å². The van der Waals surface area contributed by atoms with Gasteiger partial charge >= 0.3 is 5.97 Å². The number of carbonyl (C=O) groups excluding carboxylic acids is 2. The zero-order valence-electron chi connectivity index (χ0n) is 9.89. The number of esters is 1. The third kappa shape index (κ3) is 13.5. The van der Waals surface area contributed by atoms with E-state index < -0.39 is 18.0 Å². The molecule has 0 heterocycles. The predicted molar refractivity (Wildman–Crippen MR) is 62.6 cm³/mol. The third-order valence-corrected chi connectivity index (χ3v) is 1.48. The molecule has 98 valence electrons. The summed E-state index contributed by atoms with van der Waals surface area (Å²) in [5.74, 6) is -1.67. The summed E-state index contributed by atoms with van der Waals surface area (Å²) in [5, 5.41) is 10.4. The van der Waals surface area contributed by atoms with Crippen LogP contribution in [0.4, 0.5) is 0 Å². The molecule has 7 heteroatoms. The standard InChI is InChI=1S/C9H17NO4.2ClH/c1-7(11)14-8(5-9(12)13)6-10(2,3)4;;/h8H,5-6H2,1-4H3;2*1H/t8-;;/m1../s1. The number of carboxylic acids is 1. The molecule has 0 spiro atoms. The molecule has 0 rings (SSSR count). The van der Waals surface area contributed by atoms with Gasteiger partial charge in [-0.1, -0.05) is 0 Å². The molecule has 0 radical (unpaired) electrons. The van der Waals surface area contributed by atoms with Gasteiger partial charge in [0.1, 0.15) is 6.54 Å². The Hall–Kier alpha value is -0.520. The minimum Gasteiger partial charge on any atom is -0.550 e. The Labute approximate surface area is 108 Å². The summed E-state index contributed by atoms with van der Waals surface area (Å²) in [6.07, 6.45) is -0.868. The number of likely N-dealkylation sites (N-methyl/N-ethyl adjacent to an activating group) is 1. The molecule has 0 aliphatic heterocycles. The molecule has 16 heavy (non-hydrogen) atoms. The molecular weight excluding hydrogens is 257 g/mol. The first-order valence-electron chi connectivity index (χ1n) is 4.38. The van der Waals surface area contributed by atoms with Gasteiger partial charge in [0.05, 0.1) is 21.1 Å². The van der Waals surface area contributed by atoms with E-state index in [1.165, 1.54) is 6.92 Å². The number of quaternary nitrogens is 1. The van der Waals surface area contributed by atoms with Crippen molar-refractivity contribution in [1.29, 1.82) is 0 Å². The number of halogens is 2. The normalized spacial score (nSPS) is 11.8. The highest BCUT2D eigenvalue weighted by Crippen LogP contribution is 2.04. The van der Waals surface area contributed by atoms with Gasteiger partial charge in [0.2, 0.25) is 0 Å². The van der Waals surface area contributed by atoms with Gasteiger partial charge in [-0.3, -0.25) is 4.79 Å². The first-order chi connectivity index (χ1) is 6.20. The lowest BCUT2D eigenvalue weighted by Gasteiger charge is -2.28. The Morgan fingerprint density at radius 1 is 1.25 bits per heavy atom. The van der Waals surface area contributed by atoms with Crippen LogP contribution in [0.5, 0.6) is 0 Å². The van der Waals surface area contributed by atoms with Crippen LogP contribution in [0.25, 0.3) is 0 Å². The Kier molecular flexibility index (Phi) is 11.2. The van der Waals surface area contributed by atoms with Gasteiger partial charge in [-0.15, -0.1) is 24.8 Å². The lowest BCUT2D eigenvalue weighted by molar-refractivity contribution is -0.873. The fourth-order valence-corrected chi connectivity index (χ4v) is 1.17. The molecule has 0 amide bonds. The quantitative estimate of drug-likeness (QED) is 0.506. The van der Waals surface area contributed by atoms with Crippen molar-refractivity contribution in [3.8, 4) is 0 Å². The molecule has 5 nitrogen and oxygen atoms in total. The molecule has 0 saturated carbocycles. The van der Waals surface area contributed by atoms with E-state index in [-0.39, 0.29) is 31.2 Å². The van der Waals surface area contributed by atoms with Crippen molar-refractivity contribution in [2.24, 2.45) is 0 Å². The van der Waals surface area contributed by atoms with Gasteiger partial charge in [-0.05, 0) is 0 Å². The Bertz CT molecular complexity index is 212. The SMILES string of the molecule is CC(=O)O[C@H](CC(=O)[O-])C[N+](C)(C)C.Cl.Cl. The highest BCUT2D eigenvalue weighted by Gasteiger charge is 2.20. The molecule has 0 aliphatic rings. The molecular formula is C9H19Cl2NO4. The smallest absolute Gasteiger partial charge is 0.303 e. The first kappa shape index (κ1) is 20.8. The second-order valence-corrected chi connectivity index (χ2v) is 4.28. The van der Waals surface area contributed by atoms with E-state index in [2.05, 4.69) is 0 Å². The average Bonchev–Trinajstić information content (AvgIpc) is 1.77. The van der Waals surface area contributed by atoms with Crippen molar-refractivity contribution >= 4 is 36.8 Å². The molecule has 0 unspecified atom stereocenters. The van der Waals surface area contributed by atoms with Crippen molar-refractivity contribution in [3.05, 3.63) is 0 Å². The lowest BCUT2D eigenvalue weighted by atomic mass is 10.2. The Morgan fingerprint density at radius 2 is 1.69 bits per heavy atom. The van der Waals surface area contributed by atoms with Gasteiger partial charge in [0.25, 0.3) is 0 Å². The summed E-state index contributed by atoms with van der Waals surface area (Å²) < 4.78 is 5.39. The van der Waals surface area contributed by atoms with E-state index in [1.54, 1.807) is 0 Å². The summed E-state index contributed by atoms with van der Waals surface area (Å²) in [4.78, 5) is 21.0. The number of nitrogens with zero attached hydrogens (tertiary/aromatic N) is 1. The van der Waals surface area contributed by atoms with Crippen molar-refractivity contribution < 1.29 is 23.9 Å². The monoisotopic (exact) mass is 275 g/mol. The van der Waals surface area contributed by atoms with Crippen molar-refractivity contribution in [3.63, 3.8) is 0 Å². The number of carboxylic acid groups (broad SMARTS) is 1. The number of aliphatic carboxylic acids is 1. The largest absolute Gasteiger partial charge is 0.550 e. The van der Waals surface area contributed by atoms with Gasteiger partial charge < -0.3 is 19.1 Å². The van der Waals surface area contributed by atoms with E-state index in [1.807, 2.05) is 21.1 Å². The molecule has 0 aromatic rings. The van der Waals surface area contributed by atoms with E-state index in [0.29, 0.717) is 11.0 Å². The van der Waals surface area contributed by atoms with Crippen LogP contribution in [-0.4, -0.2) is 50.2 Å². The van der Waals surface area contributed by atoms with E-state index in [4.69, 9.17) is 4.74 Å². The molecule has 0 N–H and O–H groups in total. The minimum atomic E-state index is -1.20. The molecule has 1 atom stereocenters. The highest BCUT2D eigenvalue weighted by molar-refractivity contribution is 5.85. The molecule has 0 bridgehead atoms. The summed E-state index contributed by atoms with van der Waals surface area (Å²) in [7, 11) is 5.68. The third-order valence-electron chi connectivity index (χ3n) is 1.48. The van der Waals surface area contributed by atoms with Gasteiger partial charge in [0.15, 0.2) is 6.10 Å². The lowest BCUT2D eigenvalue weighted by Crippen LogP contribution is -2.45. The van der Waals surface area contributed by atoms with Crippen LogP contribution in [0.15, 0.2) is 0 Å². The van der Waals surface area contributed by atoms with Gasteiger partial charge in [-0.25, -0.2) is 0 Å². The Balaban J connectivity index is -0.000000845. The number of ether oxygens (including phenoxy) is 1. The maximum absolute atomic E-state index is 10.7. The average molecular weight is 276 g/mol. The number of rotatable bonds is 5. The zero-order chi connectivity index (χ0) is 11.4. The summed E-state index contributed by atoms with van der Waals surface area (Å²) in [6.45, 7) is 1.71. The molecule has 0 fully saturated rings. The van der Waals surface area contributed by atoms with Crippen LogP contribution in [-0.2, 0) is 14.3 Å². The second-order valence-electron chi connectivity index (χ2n) is 4.28. The second kappa shape index (κ2) is 8.61. The highest BCUT2D eigenvalue weighted by atomic mass is 35.5. The maximum Gasteiger partial charge on any atom is 0.303 e. The van der Waals surface area contributed by atoms with Crippen LogP contribution in [0.3, 0.4) is 0 Å². The minimum absolute atomic E-state index is 0. The van der Waals surface area contributed by atoms with Crippen LogP contribution >= 0.6 is 24.8 Å². The molecule has 0 saturated heterocycles. The topological polar surface area (TPSA) is 66.4 Å². The van der Waals surface area contributed by atoms with E-state index in [0.717, 1.165) is 0 Å². The summed E-state index contributed by atoms with van der Waals surface area (Å²) in [5.41, 5.74) is 0. The van der Waals surface area contributed by atoms with Gasteiger partial charge in [-0.2, -0.15) is 0 Å². The van der Waals surface area contributed by atoms with Crippen LogP contribution in [0, 0.1) is 0 Å².